The van der Waals surface area contributed by atoms with Crippen LogP contribution in [0.1, 0.15) is 24.6 Å². The van der Waals surface area contributed by atoms with Gasteiger partial charge in [0.2, 0.25) is 0 Å². The molecule has 0 saturated heterocycles. The maximum absolute atomic E-state index is 12.8. The van der Waals surface area contributed by atoms with Gasteiger partial charge in [-0.15, -0.1) is 0 Å². The zero-order chi connectivity index (χ0) is 13.7. The second-order valence-corrected chi connectivity index (χ2v) is 3.68. The van der Waals surface area contributed by atoms with Gasteiger partial charge in [-0.25, -0.2) is 13.8 Å². The number of alkyl halides is 2. The SMILES string of the molecule is CCOC(=O)Cc1nc(Cl)cc(C(F)F)c1OC. The molecule has 100 valence electrons. The second kappa shape index (κ2) is 6.49. The van der Waals surface area contributed by atoms with Gasteiger partial charge in [0.25, 0.3) is 6.43 Å². The van der Waals surface area contributed by atoms with Gasteiger partial charge in [0.15, 0.2) is 0 Å². The van der Waals surface area contributed by atoms with Crippen molar-refractivity contribution >= 4 is 17.6 Å². The maximum atomic E-state index is 12.8. The summed E-state index contributed by atoms with van der Waals surface area (Å²) in [7, 11) is 1.23. The molecular weight excluding hydrogens is 268 g/mol. The van der Waals surface area contributed by atoms with Crippen LogP contribution in [0.4, 0.5) is 8.78 Å². The van der Waals surface area contributed by atoms with Crippen molar-refractivity contribution in [1.29, 1.82) is 0 Å². The number of pyridine rings is 1. The highest BCUT2D eigenvalue weighted by Crippen LogP contribution is 2.33. The lowest BCUT2D eigenvalue weighted by Gasteiger charge is -2.12. The number of nitrogens with zero attached hydrogens (tertiary/aromatic N) is 1. The molecule has 0 aliphatic heterocycles. The molecule has 0 aliphatic carbocycles. The Morgan fingerprint density at radius 2 is 2.22 bits per heavy atom. The minimum atomic E-state index is -2.76. The Kier molecular flexibility index (Phi) is 5.27. The van der Waals surface area contributed by atoms with E-state index < -0.39 is 18.0 Å². The van der Waals surface area contributed by atoms with Crippen molar-refractivity contribution in [3.63, 3.8) is 0 Å². The summed E-state index contributed by atoms with van der Waals surface area (Å²) in [6.07, 6.45) is -3.03. The fourth-order valence-corrected chi connectivity index (χ4v) is 1.66. The Morgan fingerprint density at radius 1 is 1.56 bits per heavy atom. The van der Waals surface area contributed by atoms with Crippen LogP contribution in [0.15, 0.2) is 6.07 Å². The lowest BCUT2D eigenvalue weighted by atomic mass is 10.1. The van der Waals surface area contributed by atoms with Crippen molar-refractivity contribution in [3.05, 3.63) is 22.5 Å². The number of esters is 1. The molecule has 18 heavy (non-hydrogen) atoms. The largest absolute Gasteiger partial charge is 0.494 e. The van der Waals surface area contributed by atoms with Crippen molar-refractivity contribution in [2.24, 2.45) is 0 Å². The van der Waals surface area contributed by atoms with E-state index in [0.717, 1.165) is 6.07 Å². The zero-order valence-corrected chi connectivity index (χ0v) is 10.6. The van der Waals surface area contributed by atoms with E-state index in [0.29, 0.717) is 0 Å². The van der Waals surface area contributed by atoms with E-state index in [1.807, 2.05) is 0 Å². The number of carbonyl (C=O) groups is 1. The Balaban J connectivity index is 3.13. The van der Waals surface area contributed by atoms with E-state index in [9.17, 15) is 13.6 Å². The Hall–Kier alpha value is -1.43. The Labute approximate surface area is 108 Å². The zero-order valence-electron chi connectivity index (χ0n) is 9.87. The van der Waals surface area contributed by atoms with Crippen molar-refractivity contribution < 1.29 is 23.0 Å². The average Bonchev–Trinajstić information content (AvgIpc) is 2.28. The van der Waals surface area contributed by atoms with Gasteiger partial charge in [0, 0.05) is 0 Å². The number of ether oxygens (including phenoxy) is 2. The lowest BCUT2D eigenvalue weighted by Crippen LogP contribution is -2.11. The Morgan fingerprint density at radius 3 is 2.72 bits per heavy atom. The smallest absolute Gasteiger partial charge is 0.312 e. The Bertz CT molecular complexity index is 441. The fourth-order valence-electron chi connectivity index (χ4n) is 1.44. The molecule has 0 aliphatic rings. The summed E-state index contributed by atoms with van der Waals surface area (Å²) in [4.78, 5) is 15.1. The highest BCUT2D eigenvalue weighted by atomic mass is 35.5. The number of hydrogen-bond donors (Lipinski definition) is 0. The fraction of sp³-hybridized carbons (Fsp3) is 0.455. The monoisotopic (exact) mass is 279 g/mol. The molecule has 1 aromatic heterocycles. The minimum Gasteiger partial charge on any atom is -0.494 e. The number of rotatable bonds is 5. The van der Waals surface area contributed by atoms with E-state index in [1.165, 1.54) is 7.11 Å². The molecule has 0 saturated carbocycles. The standard InChI is InChI=1S/C11H12ClF2NO3/c1-3-18-9(16)5-7-10(17-2)6(11(13)14)4-8(12)15-7/h4,11H,3,5H2,1-2H3. The van der Waals surface area contributed by atoms with Crippen LogP contribution in [0.25, 0.3) is 0 Å². The summed E-state index contributed by atoms with van der Waals surface area (Å²) < 4.78 is 35.1. The van der Waals surface area contributed by atoms with Crippen LogP contribution in [-0.4, -0.2) is 24.7 Å². The first kappa shape index (κ1) is 14.6. The van der Waals surface area contributed by atoms with Gasteiger partial charge in [-0.2, -0.15) is 0 Å². The van der Waals surface area contributed by atoms with Gasteiger partial charge < -0.3 is 9.47 Å². The predicted octanol–water partition coefficient (Wildman–Crippen LogP) is 2.79. The first-order valence-corrected chi connectivity index (χ1v) is 5.54. The van der Waals surface area contributed by atoms with Gasteiger partial charge >= 0.3 is 5.97 Å². The molecule has 0 radical (unpaired) electrons. The highest BCUT2D eigenvalue weighted by molar-refractivity contribution is 6.29. The minimum absolute atomic E-state index is 0.0405. The maximum Gasteiger partial charge on any atom is 0.312 e. The third-order valence-corrected chi connectivity index (χ3v) is 2.29. The van der Waals surface area contributed by atoms with Crippen LogP contribution in [-0.2, 0) is 16.0 Å². The van der Waals surface area contributed by atoms with E-state index in [1.54, 1.807) is 6.92 Å². The van der Waals surface area contributed by atoms with Crippen molar-refractivity contribution in [2.45, 2.75) is 19.8 Å². The van der Waals surface area contributed by atoms with Crippen molar-refractivity contribution in [3.8, 4) is 5.75 Å². The normalized spacial score (nSPS) is 10.6. The quantitative estimate of drug-likeness (QED) is 0.614. The summed E-state index contributed by atoms with van der Waals surface area (Å²) in [6.45, 7) is 1.84. The lowest BCUT2D eigenvalue weighted by molar-refractivity contribution is -0.142. The van der Waals surface area contributed by atoms with Crippen LogP contribution in [0.2, 0.25) is 5.15 Å². The number of halogens is 3. The molecule has 1 heterocycles. The molecule has 0 amide bonds. The molecule has 0 atom stereocenters. The van der Waals surface area contributed by atoms with Gasteiger partial charge in [0.05, 0.1) is 31.4 Å². The second-order valence-electron chi connectivity index (χ2n) is 3.30. The van der Waals surface area contributed by atoms with Crippen molar-refractivity contribution in [1.82, 2.24) is 4.98 Å². The summed E-state index contributed by atoms with van der Waals surface area (Å²) in [5.74, 6) is -0.715. The predicted molar refractivity (Wildman–Crippen MR) is 61.1 cm³/mol. The molecule has 0 spiro atoms. The first-order valence-electron chi connectivity index (χ1n) is 5.16. The number of methoxy groups -OCH3 is 1. The van der Waals surface area contributed by atoms with Crippen LogP contribution in [0.3, 0.4) is 0 Å². The molecule has 7 heteroatoms. The molecule has 0 unspecified atom stereocenters. The average molecular weight is 280 g/mol. The molecule has 0 fully saturated rings. The summed E-state index contributed by atoms with van der Waals surface area (Å²) in [5, 5.41) is -0.120. The van der Waals surface area contributed by atoms with Gasteiger partial charge in [-0.05, 0) is 13.0 Å². The number of aromatic nitrogens is 1. The van der Waals surface area contributed by atoms with Gasteiger partial charge in [-0.1, -0.05) is 11.6 Å². The molecule has 0 aromatic carbocycles. The summed E-state index contributed by atoms with van der Waals surface area (Å²) in [5.41, 5.74) is -0.351. The first-order chi connectivity index (χ1) is 8.49. The highest BCUT2D eigenvalue weighted by Gasteiger charge is 2.21. The molecule has 0 N–H and O–H groups in total. The van der Waals surface area contributed by atoms with Crippen LogP contribution in [0.5, 0.6) is 5.75 Å². The van der Waals surface area contributed by atoms with Crippen LogP contribution in [0, 0.1) is 0 Å². The van der Waals surface area contributed by atoms with Crippen molar-refractivity contribution in [2.75, 3.05) is 13.7 Å². The van der Waals surface area contributed by atoms with Crippen LogP contribution >= 0.6 is 11.6 Å². The van der Waals surface area contributed by atoms with E-state index in [-0.39, 0.29) is 29.6 Å². The van der Waals surface area contributed by atoms with Gasteiger partial charge in [0.1, 0.15) is 10.9 Å². The molecular formula is C11H12ClF2NO3. The third-order valence-electron chi connectivity index (χ3n) is 2.10. The third kappa shape index (κ3) is 3.53. The number of hydrogen-bond acceptors (Lipinski definition) is 4. The molecule has 0 bridgehead atoms. The van der Waals surface area contributed by atoms with Gasteiger partial charge in [-0.3, -0.25) is 4.79 Å². The molecule has 1 rings (SSSR count). The van der Waals surface area contributed by atoms with E-state index in [4.69, 9.17) is 21.1 Å². The molecule has 1 aromatic rings. The topological polar surface area (TPSA) is 48.4 Å². The molecule has 4 nitrogen and oxygen atoms in total. The van der Waals surface area contributed by atoms with E-state index in [2.05, 4.69) is 4.98 Å². The van der Waals surface area contributed by atoms with Crippen LogP contribution < -0.4 is 4.74 Å². The van der Waals surface area contributed by atoms with E-state index >= 15 is 0 Å². The summed E-state index contributed by atoms with van der Waals surface area (Å²) >= 11 is 5.63. The summed E-state index contributed by atoms with van der Waals surface area (Å²) in [6, 6.07) is 1.01. The number of carbonyl (C=O) groups excluding carboxylic acids is 1.